The van der Waals surface area contributed by atoms with Gasteiger partial charge < -0.3 is 5.32 Å². The molecule has 0 atom stereocenters. The van der Waals surface area contributed by atoms with Crippen LogP contribution < -0.4 is 9.62 Å². The number of hydrogen-bond donors (Lipinski definition) is 1. The number of nitrogens with one attached hydrogen (secondary N) is 1. The number of benzene rings is 3. The molecule has 0 aromatic heterocycles. The Morgan fingerprint density at radius 2 is 1.72 bits per heavy atom. The molecule has 0 fully saturated rings. The van der Waals surface area contributed by atoms with Crippen LogP contribution in [0.5, 0.6) is 0 Å². The van der Waals surface area contributed by atoms with Gasteiger partial charge in [-0.25, -0.2) is 8.42 Å². The van der Waals surface area contributed by atoms with Crippen molar-refractivity contribution >= 4 is 50.7 Å². The van der Waals surface area contributed by atoms with Gasteiger partial charge in [0.2, 0.25) is 5.91 Å². The summed E-state index contributed by atoms with van der Waals surface area (Å²) in [5.41, 5.74) is 0.916. The van der Waals surface area contributed by atoms with E-state index in [0.29, 0.717) is 16.4 Å². The van der Waals surface area contributed by atoms with Crippen molar-refractivity contribution in [2.45, 2.75) is 9.79 Å². The second-order valence-electron chi connectivity index (χ2n) is 6.08. The topological polar surface area (TPSA) is 66.5 Å². The Balaban J connectivity index is 1.92. The smallest absolute Gasteiger partial charge is 0.264 e. The van der Waals surface area contributed by atoms with E-state index >= 15 is 0 Å². The highest BCUT2D eigenvalue weighted by Gasteiger charge is 2.27. The molecule has 0 aliphatic carbocycles. The lowest BCUT2D eigenvalue weighted by molar-refractivity contribution is -0.114. The van der Waals surface area contributed by atoms with Gasteiger partial charge in [-0.1, -0.05) is 41.9 Å². The molecular formula is C21H19ClN2O3S2. The van der Waals surface area contributed by atoms with Crippen LogP contribution in [-0.4, -0.2) is 27.1 Å². The Morgan fingerprint density at radius 3 is 2.41 bits per heavy atom. The fraction of sp³-hybridized carbons (Fsp3) is 0.0952. The zero-order valence-corrected chi connectivity index (χ0v) is 18.0. The average molecular weight is 447 g/mol. The van der Waals surface area contributed by atoms with Crippen molar-refractivity contribution in [3.05, 3.63) is 83.9 Å². The number of anilines is 2. The molecule has 0 aliphatic rings. The summed E-state index contributed by atoms with van der Waals surface area (Å²) in [6.45, 7) is -0.388. The maximum atomic E-state index is 13.2. The Labute approximate surface area is 179 Å². The maximum Gasteiger partial charge on any atom is 0.264 e. The summed E-state index contributed by atoms with van der Waals surface area (Å²) in [4.78, 5) is 13.8. The third-order valence-corrected chi connectivity index (χ3v) is 6.82. The molecule has 0 saturated heterocycles. The van der Waals surface area contributed by atoms with Gasteiger partial charge in [-0.15, -0.1) is 11.8 Å². The first-order valence-electron chi connectivity index (χ1n) is 8.67. The second kappa shape index (κ2) is 9.35. The fourth-order valence-corrected chi connectivity index (χ4v) is 4.78. The molecule has 1 amide bonds. The van der Waals surface area contributed by atoms with Gasteiger partial charge in [0.15, 0.2) is 0 Å². The summed E-state index contributed by atoms with van der Waals surface area (Å²) in [5.74, 6) is -0.456. The van der Waals surface area contributed by atoms with Crippen LogP contribution in [-0.2, 0) is 14.8 Å². The van der Waals surface area contributed by atoms with Crippen molar-refractivity contribution in [3.8, 4) is 0 Å². The summed E-state index contributed by atoms with van der Waals surface area (Å²) < 4.78 is 27.5. The molecule has 0 heterocycles. The van der Waals surface area contributed by atoms with Crippen LogP contribution in [0.2, 0.25) is 5.02 Å². The minimum absolute atomic E-state index is 0.0946. The van der Waals surface area contributed by atoms with Gasteiger partial charge in [0, 0.05) is 15.6 Å². The number of sulfonamides is 1. The first kappa shape index (κ1) is 21.2. The van der Waals surface area contributed by atoms with E-state index in [9.17, 15) is 13.2 Å². The van der Waals surface area contributed by atoms with Crippen LogP contribution in [0.3, 0.4) is 0 Å². The highest BCUT2D eigenvalue weighted by molar-refractivity contribution is 7.98. The predicted molar refractivity (Wildman–Crippen MR) is 119 cm³/mol. The van der Waals surface area contributed by atoms with Crippen LogP contribution in [0.25, 0.3) is 0 Å². The second-order valence-corrected chi connectivity index (χ2v) is 9.26. The van der Waals surface area contributed by atoms with E-state index in [1.54, 1.807) is 54.2 Å². The van der Waals surface area contributed by atoms with Crippen LogP contribution in [0, 0.1) is 0 Å². The van der Waals surface area contributed by atoms with Crippen molar-refractivity contribution < 1.29 is 13.2 Å². The minimum atomic E-state index is -3.96. The van der Waals surface area contributed by atoms with Crippen molar-refractivity contribution in [1.29, 1.82) is 0 Å². The van der Waals surface area contributed by atoms with E-state index in [2.05, 4.69) is 5.32 Å². The number of amides is 1. The van der Waals surface area contributed by atoms with E-state index in [-0.39, 0.29) is 11.4 Å². The standard InChI is InChI=1S/C21H19ClN2O3S2/c1-28-19-10-6-8-17(14-19)23-21(25)15-24(18-9-5-7-16(22)13-18)29(26,27)20-11-3-2-4-12-20/h2-14H,15H2,1H3,(H,23,25). The van der Waals surface area contributed by atoms with Crippen molar-refractivity contribution in [2.75, 3.05) is 22.4 Å². The van der Waals surface area contributed by atoms with Crippen LogP contribution >= 0.6 is 23.4 Å². The number of carbonyl (C=O) groups is 1. The molecule has 29 heavy (non-hydrogen) atoms. The Hall–Kier alpha value is -2.48. The van der Waals surface area contributed by atoms with Crippen LogP contribution in [0.15, 0.2) is 88.7 Å². The third-order valence-electron chi connectivity index (χ3n) is 4.07. The van der Waals surface area contributed by atoms with E-state index in [1.807, 2.05) is 24.5 Å². The van der Waals surface area contributed by atoms with E-state index in [1.165, 1.54) is 18.2 Å². The molecule has 0 aliphatic heterocycles. The van der Waals surface area contributed by atoms with Gasteiger partial charge in [0.05, 0.1) is 10.6 Å². The van der Waals surface area contributed by atoms with Gasteiger partial charge >= 0.3 is 0 Å². The van der Waals surface area contributed by atoms with E-state index < -0.39 is 15.9 Å². The van der Waals surface area contributed by atoms with Crippen LogP contribution in [0.1, 0.15) is 0 Å². The Morgan fingerprint density at radius 1 is 1.00 bits per heavy atom. The SMILES string of the molecule is CSc1cccc(NC(=O)CN(c2cccc(Cl)c2)S(=O)(=O)c2ccccc2)c1. The highest BCUT2D eigenvalue weighted by Crippen LogP contribution is 2.26. The number of hydrogen-bond acceptors (Lipinski definition) is 4. The molecule has 0 unspecified atom stereocenters. The Kier molecular flexibility index (Phi) is 6.84. The lowest BCUT2D eigenvalue weighted by atomic mass is 10.3. The fourth-order valence-electron chi connectivity index (χ4n) is 2.70. The maximum absolute atomic E-state index is 13.2. The predicted octanol–water partition coefficient (Wildman–Crippen LogP) is 4.90. The monoisotopic (exact) mass is 446 g/mol. The first-order chi connectivity index (χ1) is 13.9. The highest BCUT2D eigenvalue weighted by atomic mass is 35.5. The molecule has 3 rings (SSSR count). The number of thioether (sulfide) groups is 1. The zero-order chi connectivity index (χ0) is 20.9. The average Bonchev–Trinajstić information content (AvgIpc) is 2.72. The van der Waals surface area contributed by atoms with Gasteiger partial charge in [-0.05, 0) is 54.8 Å². The normalized spacial score (nSPS) is 11.1. The number of halogens is 1. The molecule has 0 bridgehead atoms. The van der Waals surface area contributed by atoms with Gasteiger partial charge in [0.25, 0.3) is 10.0 Å². The van der Waals surface area contributed by atoms with Crippen molar-refractivity contribution in [2.24, 2.45) is 0 Å². The molecule has 0 spiro atoms. The molecule has 3 aromatic carbocycles. The molecule has 150 valence electrons. The molecule has 0 radical (unpaired) electrons. The zero-order valence-electron chi connectivity index (χ0n) is 15.6. The molecule has 5 nitrogen and oxygen atoms in total. The van der Waals surface area contributed by atoms with Crippen molar-refractivity contribution in [1.82, 2.24) is 0 Å². The summed E-state index contributed by atoms with van der Waals surface area (Å²) in [7, 11) is -3.96. The number of nitrogens with zero attached hydrogens (tertiary/aromatic N) is 1. The lowest BCUT2D eigenvalue weighted by Gasteiger charge is -2.24. The molecule has 8 heteroatoms. The van der Waals surface area contributed by atoms with Gasteiger partial charge in [-0.2, -0.15) is 0 Å². The number of carbonyl (C=O) groups excluding carboxylic acids is 1. The summed E-state index contributed by atoms with van der Waals surface area (Å²) in [6, 6.07) is 21.7. The lowest BCUT2D eigenvalue weighted by Crippen LogP contribution is -2.38. The molecule has 0 saturated carbocycles. The first-order valence-corrected chi connectivity index (χ1v) is 11.7. The number of rotatable bonds is 7. The third kappa shape index (κ3) is 5.32. The minimum Gasteiger partial charge on any atom is -0.324 e. The van der Waals surface area contributed by atoms with Gasteiger partial charge in [0.1, 0.15) is 6.54 Å². The van der Waals surface area contributed by atoms with Crippen molar-refractivity contribution in [3.63, 3.8) is 0 Å². The molecular weight excluding hydrogens is 428 g/mol. The summed E-state index contributed by atoms with van der Waals surface area (Å²) >= 11 is 7.61. The molecule has 3 aromatic rings. The summed E-state index contributed by atoms with van der Waals surface area (Å²) in [6.07, 6.45) is 1.94. The molecule has 1 N–H and O–H groups in total. The van der Waals surface area contributed by atoms with E-state index in [0.717, 1.165) is 9.20 Å². The van der Waals surface area contributed by atoms with E-state index in [4.69, 9.17) is 11.6 Å². The van der Waals surface area contributed by atoms with Crippen LogP contribution in [0.4, 0.5) is 11.4 Å². The van der Waals surface area contributed by atoms with Gasteiger partial charge in [-0.3, -0.25) is 9.10 Å². The summed E-state index contributed by atoms with van der Waals surface area (Å²) in [5, 5.41) is 3.14. The largest absolute Gasteiger partial charge is 0.324 e. The quantitative estimate of drug-likeness (QED) is 0.524. The Bertz CT molecular complexity index is 1110.